The first-order valence-corrected chi connectivity index (χ1v) is 10.2. The zero-order chi connectivity index (χ0) is 22.2. The molecule has 0 fully saturated rings. The van der Waals surface area contributed by atoms with Crippen molar-refractivity contribution in [1.82, 2.24) is 15.0 Å². The van der Waals surface area contributed by atoms with Crippen molar-refractivity contribution in [2.24, 2.45) is 0 Å². The second kappa shape index (κ2) is 8.04. The second-order valence-corrected chi connectivity index (χ2v) is 8.73. The lowest BCUT2D eigenvalue weighted by Gasteiger charge is -2.21. The molecule has 4 aromatic rings. The summed E-state index contributed by atoms with van der Waals surface area (Å²) in [7, 11) is 0. The van der Waals surface area contributed by atoms with E-state index in [1.165, 1.54) is 4.80 Å². The average Bonchev–Trinajstić information content (AvgIpc) is 3.16. The summed E-state index contributed by atoms with van der Waals surface area (Å²) in [5, 5.41) is 19.3. The highest BCUT2D eigenvalue weighted by molar-refractivity contribution is 6.30. The minimum Gasteiger partial charge on any atom is -0.478 e. The quantitative estimate of drug-likeness (QED) is 0.443. The van der Waals surface area contributed by atoms with Gasteiger partial charge in [-0.05, 0) is 41.3 Å². The molecule has 1 N–H and O–H groups in total. The Morgan fingerprint density at radius 3 is 2.16 bits per heavy atom. The Morgan fingerprint density at radius 1 is 1.00 bits per heavy atom. The van der Waals surface area contributed by atoms with Gasteiger partial charge in [-0.3, -0.25) is 0 Å². The molecular weight excluding hydrogens is 414 g/mol. The molecule has 1 unspecified atom stereocenters. The standard InChI is InChI=1S/C24H22ClN3O3/c1-24(2,3)16-10-8-15(9-11-16)22(23(29)30)31-21-13-12-17(25)14-20(21)28-26-18-6-4-5-7-19(18)27-28/h4-14,22H,1-3H3,(H,29,30). The van der Waals surface area contributed by atoms with E-state index in [1.54, 1.807) is 30.3 Å². The van der Waals surface area contributed by atoms with Crippen molar-refractivity contribution in [3.8, 4) is 11.4 Å². The SMILES string of the molecule is CC(C)(C)c1ccc(C(Oc2ccc(Cl)cc2-n2nc3ccccc3n2)C(=O)O)cc1. The normalized spacial score (nSPS) is 12.6. The van der Waals surface area contributed by atoms with Gasteiger partial charge in [0.2, 0.25) is 6.10 Å². The Labute approximate surface area is 185 Å². The summed E-state index contributed by atoms with van der Waals surface area (Å²) in [6.07, 6.45) is -1.20. The minimum absolute atomic E-state index is 0.0325. The molecule has 6 nitrogen and oxygen atoms in total. The van der Waals surface area contributed by atoms with Gasteiger partial charge >= 0.3 is 5.97 Å². The highest BCUT2D eigenvalue weighted by Gasteiger charge is 2.25. The van der Waals surface area contributed by atoms with Crippen molar-refractivity contribution < 1.29 is 14.6 Å². The molecule has 7 heteroatoms. The molecule has 1 atom stereocenters. The van der Waals surface area contributed by atoms with Crippen LogP contribution in [0.2, 0.25) is 5.02 Å². The molecule has 0 bridgehead atoms. The maximum absolute atomic E-state index is 12.1. The van der Waals surface area contributed by atoms with Crippen molar-refractivity contribution in [3.63, 3.8) is 0 Å². The third-order valence-electron chi connectivity index (χ3n) is 4.97. The number of fused-ring (bicyclic) bond motifs is 1. The van der Waals surface area contributed by atoms with Gasteiger partial charge < -0.3 is 9.84 Å². The third kappa shape index (κ3) is 4.39. The lowest BCUT2D eigenvalue weighted by atomic mass is 9.86. The van der Waals surface area contributed by atoms with Gasteiger partial charge in [0.1, 0.15) is 22.5 Å². The molecule has 0 aliphatic carbocycles. The largest absolute Gasteiger partial charge is 0.478 e. The fourth-order valence-electron chi connectivity index (χ4n) is 3.26. The maximum atomic E-state index is 12.1. The van der Waals surface area contributed by atoms with Crippen LogP contribution >= 0.6 is 11.6 Å². The van der Waals surface area contributed by atoms with Crippen molar-refractivity contribution >= 4 is 28.6 Å². The number of hydrogen-bond acceptors (Lipinski definition) is 4. The van der Waals surface area contributed by atoms with E-state index in [-0.39, 0.29) is 5.41 Å². The molecule has 1 heterocycles. The highest BCUT2D eigenvalue weighted by atomic mass is 35.5. The molecule has 158 valence electrons. The van der Waals surface area contributed by atoms with Crippen molar-refractivity contribution in [1.29, 1.82) is 0 Å². The number of nitrogens with zero attached hydrogens (tertiary/aromatic N) is 3. The number of benzene rings is 3. The van der Waals surface area contributed by atoms with Crippen LogP contribution in [0.15, 0.2) is 66.7 Å². The highest BCUT2D eigenvalue weighted by Crippen LogP contribution is 2.32. The van der Waals surface area contributed by atoms with Crippen LogP contribution < -0.4 is 4.74 Å². The molecule has 0 aliphatic rings. The molecule has 1 aromatic heterocycles. The molecule has 4 rings (SSSR count). The predicted octanol–water partition coefficient (Wildman–Crippen LogP) is 5.58. The summed E-state index contributed by atoms with van der Waals surface area (Å²) in [5.74, 6) is -0.778. The smallest absolute Gasteiger partial charge is 0.349 e. The number of carboxylic acids is 1. The summed E-state index contributed by atoms with van der Waals surface area (Å²) >= 11 is 6.20. The van der Waals surface area contributed by atoms with Crippen LogP contribution in [0.5, 0.6) is 5.75 Å². The van der Waals surface area contributed by atoms with E-state index in [4.69, 9.17) is 16.3 Å². The van der Waals surface area contributed by atoms with Crippen LogP contribution in [0, 0.1) is 0 Å². The summed E-state index contributed by atoms with van der Waals surface area (Å²) in [6, 6.07) is 19.8. The van der Waals surface area contributed by atoms with Crippen LogP contribution in [0.1, 0.15) is 38.0 Å². The first-order chi connectivity index (χ1) is 14.7. The van der Waals surface area contributed by atoms with Gasteiger partial charge in [-0.2, -0.15) is 0 Å². The summed E-state index contributed by atoms with van der Waals surface area (Å²) in [5.41, 5.74) is 3.50. The zero-order valence-electron chi connectivity index (χ0n) is 17.4. The zero-order valence-corrected chi connectivity index (χ0v) is 18.2. The number of ether oxygens (including phenoxy) is 1. The van der Waals surface area contributed by atoms with Crippen LogP contribution in [-0.2, 0) is 10.2 Å². The summed E-state index contributed by atoms with van der Waals surface area (Å²) in [6.45, 7) is 6.32. The third-order valence-corrected chi connectivity index (χ3v) is 5.21. The number of aromatic nitrogens is 3. The predicted molar refractivity (Wildman–Crippen MR) is 120 cm³/mol. The number of aliphatic carboxylic acids is 1. The number of hydrogen-bond donors (Lipinski definition) is 1. The molecule has 0 aliphatic heterocycles. The Bertz CT molecular complexity index is 1210. The first-order valence-electron chi connectivity index (χ1n) is 9.84. The van der Waals surface area contributed by atoms with Gasteiger partial charge in [0.25, 0.3) is 0 Å². The molecule has 0 radical (unpaired) electrons. The molecule has 31 heavy (non-hydrogen) atoms. The summed E-state index contributed by atoms with van der Waals surface area (Å²) in [4.78, 5) is 13.5. The van der Waals surface area contributed by atoms with E-state index in [2.05, 4.69) is 31.0 Å². The Kier molecular flexibility index (Phi) is 5.41. The number of rotatable bonds is 5. The van der Waals surface area contributed by atoms with Crippen LogP contribution in [0.4, 0.5) is 0 Å². The monoisotopic (exact) mass is 435 g/mol. The number of carboxylic acid groups (broad SMARTS) is 1. The van der Waals surface area contributed by atoms with Gasteiger partial charge in [0.05, 0.1) is 0 Å². The minimum atomic E-state index is -1.20. The first kappa shape index (κ1) is 20.9. The van der Waals surface area contributed by atoms with E-state index in [0.29, 0.717) is 33.1 Å². The number of carbonyl (C=O) groups is 1. The lowest BCUT2D eigenvalue weighted by Crippen LogP contribution is -2.20. The van der Waals surface area contributed by atoms with Gasteiger partial charge in [-0.1, -0.05) is 68.8 Å². The molecule has 0 spiro atoms. The average molecular weight is 436 g/mol. The topological polar surface area (TPSA) is 77.2 Å². The fourth-order valence-corrected chi connectivity index (χ4v) is 3.43. The van der Waals surface area contributed by atoms with Gasteiger partial charge in [-0.15, -0.1) is 15.0 Å². The molecule has 0 saturated carbocycles. The van der Waals surface area contributed by atoms with Crippen molar-refractivity contribution in [2.45, 2.75) is 32.3 Å². The van der Waals surface area contributed by atoms with Crippen LogP contribution in [-0.4, -0.2) is 26.1 Å². The van der Waals surface area contributed by atoms with E-state index < -0.39 is 12.1 Å². The molecule has 3 aromatic carbocycles. The van der Waals surface area contributed by atoms with E-state index in [0.717, 1.165) is 5.56 Å². The van der Waals surface area contributed by atoms with Crippen LogP contribution in [0.25, 0.3) is 16.7 Å². The lowest BCUT2D eigenvalue weighted by molar-refractivity contribution is -0.145. The van der Waals surface area contributed by atoms with E-state index >= 15 is 0 Å². The second-order valence-electron chi connectivity index (χ2n) is 8.30. The fraction of sp³-hybridized carbons (Fsp3) is 0.208. The van der Waals surface area contributed by atoms with E-state index in [9.17, 15) is 9.90 Å². The Morgan fingerprint density at radius 2 is 1.61 bits per heavy atom. The molecule has 0 saturated heterocycles. The summed E-state index contributed by atoms with van der Waals surface area (Å²) < 4.78 is 5.96. The molecular formula is C24H22ClN3O3. The maximum Gasteiger partial charge on any atom is 0.349 e. The molecule has 0 amide bonds. The van der Waals surface area contributed by atoms with Gasteiger partial charge in [0, 0.05) is 10.6 Å². The van der Waals surface area contributed by atoms with Crippen molar-refractivity contribution in [3.05, 3.63) is 82.9 Å². The number of halogens is 1. The Hall–Kier alpha value is -3.38. The van der Waals surface area contributed by atoms with E-state index in [1.807, 2.05) is 36.4 Å². The van der Waals surface area contributed by atoms with Gasteiger partial charge in [0.15, 0.2) is 0 Å². The van der Waals surface area contributed by atoms with Crippen LogP contribution in [0.3, 0.4) is 0 Å². The van der Waals surface area contributed by atoms with Gasteiger partial charge in [-0.25, -0.2) is 4.79 Å². The van der Waals surface area contributed by atoms with Crippen molar-refractivity contribution in [2.75, 3.05) is 0 Å². The Balaban J connectivity index is 1.72.